The van der Waals surface area contributed by atoms with E-state index in [-0.39, 0.29) is 29.3 Å². The Morgan fingerprint density at radius 1 is 1.23 bits per heavy atom. The summed E-state index contributed by atoms with van der Waals surface area (Å²) in [5.74, 6) is -0.0959. The Labute approximate surface area is 155 Å². The zero-order valence-electron chi connectivity index (χ0n) is 15.6. The molecule has 7 nitrogen and oxygen atoms in total. The monoisotopic (exact) mass is 381 g/mol. The van der Waals surface area contributed by atoms with Crippen LogP contribution in [0.25, 0.3) is 0 Å². The number of anilines is 1. The third kappa shape index (κ3) is 3.78. The molecule has 0 saturated carbocycles. The number of nitrogens with one attached hydrogen (secondary N) is 1. The summed E-state index contributed by atoms with van der Waals surface area (Å²) in [5.41, 5.74) is 1.45. The number of amides is 1. The lowest BCUT2D eigenvalue weighted by Crippen LogP contribution is -2.58. The zero-order valence-corrected chi connectivity index (χ0v) is 16.4. The second kappa shape index (κ2) is 7.64. The summed E-state index contributed by atoms with van der Waals surface area (Å²) in [5, 5.41) is 2.74. The molecule has 2 aliphatic heterocycles. The maximum absolute atomic E-state index is 13.1. The highest BCUT2D eigenvalue weighted by molar-refractivity contribution is 7.89. The summed E-state index contributed by atoms with van der Waals surface area (Å²) in [6.07, 6.45) is 1.17. The van der Waals surface area contributed by atoms with E-state index in [4.69, 9.17) is 4.74 Å². The number of sulfonamides is 1. The van der Waals surface area contributed by atoms with Gasteiger partial charge in [0.2, 0.25) is 15.9 Å². The zero-order chi connectivity index (χ0) is 18.9. The van der Waals surface area contributed by atoms with Gasteiger partial charge in [0.1, 0.15) is 0 Å². The van der Waals surface area contributed by atoms with Crippen LogP contribution < -0.4 is 5.32 Å². The van der Waals surface area contributed by atoms with Crippen molar-refractivity contribution in [1.82, 2.24) is 9.21 Å². The SMILES string of the molecule is COCCCN1C(C)CN(S(=O)(=O)c2ccc3c(c2)CC(=O)N3)CC1C. The van der Waals surface area contributed by atoms with E-state index in [0.29, 0.717) is 25.4 Å². The van der Waals surface area contributed by atoms with E-state index in [2.05, 4.69) is 24.1 Å². The van der Waals surface area contributed by atoms with Crippen LogP contribution in [0.15, 0.2) is 23.1 Å². The molecule has 1 aromatic carbocycles. The summed E-state index contributed by atoms with van der Waals surface area (Å²) < 4.78 is 32.9. The van der Waals surface area contributed by atoms with Crippen molar-refractivity contribution < 1.29 is 17.9 Å². The maximum atomic E-state index is 13.1. The lowest BCUT2D eigenvalue weighted by molar-refractivity contribution is -0.115. The van der Waals surface area contributed by atoms with E-state index >= 15 is 0 Å². The van der Waals surface area contributed by atoms with Gasteiger partial charge in [-0.1, -0.05) is 0 Å². The molecule has 0 spiro atoms. The summed E-state index contributed by atoms with van der Waals surface area (Å²) in [6.45, 7) is 6.67. The number of hydrogen-bond donors (Lipinski definition) is 1. The number of carbonyl (C=O) groups is 1. The van der Waals surface area contributed by atoms with Crippen LogP contribution in [0.3, 0.4) is 0 Å². The molecular weight excluding hydrogens is 354 g/mol. The first-order valence-corrected chi connectivity index (χ1v) is 10.4. The Morgan fingerprint density at radius 2 is 1.92 bits per heavy atom. The fraction of sp³-hybridized carbons (Fsp3) is 0.611. The Kier molecular flexibility index (Phi) is 5.67. The minimum absolute atomic E-state index is 0.0959. The highest BCUT2D eigenvalue weighted by atomic mass is 32.2. The second-order valence-electron chi connectivity index (χ2n) is 7.15. The Balaban J connectivity index is 1.75. The van der Waals surface area contributed by atoms with Crippen molar-refractivity contribution in [3.8, 4) is 0 Å². The van der Waals surface area contributed by atoms with Gasteiger partial charge in [0, 0.05) is 51.1 Å². The molecule has 0 bridgehead atoms. The van der Waals surface area contributed by atoms with Crippen molar-refractivity contribution in [2.24, 2.45) is 0 Å². The van der Waals surface area contributed by atoms with Gasteiger partial charge < -0.3 is 10.1 Å². The minimum Gasteiger partial charge on any atom is -0.385 e. The topological polar surface area (TPSA) is 79.0 Å². The third-order valence-corrected chi connectivity index (χ3v) is 7.00. The Morgan fingerprint density at radius 3 is 2.58 bits per heavy atom. The number of benzene rings is 1. The van der Waals surface area contributed by atoms with Crippen LogP contribution in [0, 0.1) is 0 Å². The normalized spacial score (nSPS) is 24.5. The predicted octanol–water partition coefficient (Wildman–Crippen LogP) is 1.30. The molecule has 26 heavy (non-hydrogen) atoms. The molecule has 0 radical (unpaired) electrons. The molecule has 1 amide bonds. The van der Waals surface area contributed by atoms with Crippen LogP contribution in [0.2, 0.25) is 0 Å². The van der Waals surface area contributed by atoms with Gasteiger partial charge in [-0.2, -0.15) is 4.31 Å². The van der Waals surface area contributed by atoms with Crippen molar-refractivity contribution in [3.05, 3.63) is 23.8 Å². The number of nitrogens with zero attached hydrogens (tertiary/aromatic N) is 2. The summed E-state index contributed by atoms with van der Waals surface area (Å²) >= 11 is 0. The van der Waals surface area contributed by atoms with E-state index in [9.17, 15) is 13.2 Å². The molecule has 3 rings (SSSR count). The van der Waals surface area contributed by atoms with Crippen LogP contribution in [0.4, 0.5) is 5.69 Å². The van der Waals surface area contributed by atoms with Crippen LogP contribution in [0.5, 0.6) is 0 Å². The molecule has 1 aromatic rings. The molecule has 0 aromatic heterocycles. The molecule has 0 aliphatic carbocycles. The van der Waals surface area contributed by atoms with Crippen molar-refractivity contribution in [1.29, 1.82) is 0 Å². The highest BCUT2D eigenvalue weighted by Crippen LogP contribution is 2.29. The lowest BCUT2D eigenvalue weighted by Gasteiger charge is -2.43. The average Bonchev–Trinajstić information content (AvgIpc) is 2.96. The molecule has 8 heteroatoms. The van der Waals surface area contributed by atoms with Crippen molar-refractivity contribution in [2.75, 3.05) is 38.7 Å². The number of piperazine rings is 1. The number of hydrogen-bond acceptors (Lipinski definition) is 5. The molecular formula is C18H27N3O4S. The molecule has 2 atom stereocenters. The molecule has 2 heterocycles. The van der Waals surface area contributed by atoms with Gasteiger partial charge in [-0.3, -0.25) is 9.69 Å². The average molecular weight is 381 g/mol. The van der Waals surface area contributed by atoms with Crippen molar-refractivity contribution in [2.45, 2.75) is 43.7 Å². The summed E-state index contributed by atoms with van der Waals surface area (Å²) in [6, 6.07) is 5.18. The predicted molar refractivity (Wildman–Crippen MR) is 99.7 cm³/mol. The number of methoxy groups -OCH3 is 1. The van der Waals surface area contributed by atoms with E-state index in [1.165, 1.54) is 0 Å². The Hall–Kier alpha value is -1.48. The first-order valence-electron chi connectivity index (χ1n) is 9.00. The van der Waals surface area contributed by atoms with Gasteiger partial charge in [-0.25, -0.2) is 8.42 Å². The van der Waals surface area contributed by atoms with E-state index in [1.807, 2.05) is 0 Å². The van der Waals surface area contributed by atoms with Crippen molar-refractivity contribution in [3.63, 3.8) is 0 Å². The van der Waals surface area contributed by atoms with E-state index < -0.39 is 10.0 Å². The van der Waals surface area contributed by atoms with Gasteiger partial charge in [-0.05, 0) is 44.0 Å². The Bertz CT molecular complexity index is 769. The number of ether oxygens (including phenoxy) is 1. The van der Waals surface area contributed by atoms with Crippen LogP contribution in [0.1, 0.15) is 25.8 Å². The van der Waals surface area contributed by atoms with Gasteiger partial charge in [0.15, 0.2) is 0 Å². The van der Waals surface area contributed by atoms with E-state index in [0.717, 1.165) is 18.5 Å². The fourth-order valence-electron chi connectivity index (χ4n) is 3.85. The van der Waals surface area contributed by atoms with Gasteiger partial charge in [0.25, 0.3) is 0 Å². The first kappa shape index (κ1) is 19.3. The van der Waals surface area contributed by atoms with Gasteiger partial charge in [-0.15, -0.1) is 0 Å². The third-order valence-electron chi connectivity index (χ3n) is 5.17. The molecule has 1 fully saturated rings. The molecule has 1 N–H and O–H groups in total. The standard InChI is InChI=1S/C18H27N3O4S/c1-13-11-20(12-14(2)21(13)7-4-8-25-3)26(23,24)16-5-6-17-15(9-16)10-18(22)19-17/h5-6,9,13-14H,4,7-8,10-12H2,1-3H3,(H,19,22). The number of rotatable bonds is 6. The number of carbonyl (C=O) groups excluding carboxylic acids is 1. The van der Waals surface area contributed by atoms with E-state index in [1.54, 1.807) is 29.6 Å². The summed E-state index contributed by atoms with van der Waals surface area (Å²) in [7, 11) is -1.88. The lowest BCUT2D eigenvalue weighted by atomic mass is 10.1. The largest absolute Gasteiger partial charge is 0.385 e. The van der Waals surface area contributed by atoms with Gasteiger partial charge >= 0.3 is 0 Å². The second-order valence-corrected chi connectivity index (χ2v) is 9.09. The quantitative estimate of drug-likeness (QED) is 0.752. The minimum atomic E-state index is -3.57. The number of fused-ring (bicyclic) bond motifs is 1. The van der Waals surface area contributed by atoms with Crippen LogP contribution in [-0.2, 0) is 26.0 Å². The van der Waals surface area contributed by atoms with Gasteiger partial charge in [0.05, 0.1) is 11.3 Å². The first-order chi connectivity index (χ1) is 12.3. The maximum Gasteiger partial charge on any atom is 0.243 e. The fourth-order valence-corrected chi connectivity index (χ4v) is 5.51. The highest BCUT2D eigenvalue weighted by Gasteiger charge is 2.36. The smallest absolute Gasteiger partial charge is 0.243 e. The molecule has 1 saturated heterocycles. The molecule has 2 aliphatic rings. The molecule has 2 unspecified atom stereocenters. The van der Waals surface area contributed by atoms with Crippen molar-refractivity contribution >= 4 is 21.6 Å². The summed E-state index contributed by atoms with van der Waals surface area (Å²) in [4.78, 5) is 14.1. The van der Waals surface area contributed by atoms with Crippen LogP contribution >= 0.6 is 0 Å². The molecule has 144 valence electrons. The van der Waals surface area contributed by atoms with Crippen LogP contribution in [-0.4, -0.2) is 69.0 Å².